The van der Waals surface area contributed by atoms with Gasteiger partial charge in [-0.15, -0.1) is 0 Å². The maximum atomic E-state index is 11.4. The van der Waals surface area contributed by atoms with Gasteiger partial charge in [-0.25, -0.2) is 8.42 Å². The van der Waals surface area contributed by atoms with E-state index in [9.17, 15) is 8.42 Å². The number of anilines is 2. The zero-order valence-corrected chi connectivity index (χ0v) is 8.71. The van der Waals surface area contributed by atoms with Gasteiger partial charge in [0.25, 0.3) is 0 Å². The lowest BCUT2D eigenvalue weighted by atomic mass is 10.4. The minimum absolute atomic E-state index is 0.0920. The van der Waals surface area contributed by atoms with Crippen molar-refractivity contribution in [3.8, 4) is 0 Å². The fourth-order valence-corrected chi connectivity index (χ4v) is 2.15. The summed E-state index contributed by atoms with van der Waals surface area (Å²) >= 11 is 0. The Morgan fingerprint density at radius 2 is 2.29 bits per heavy atom. The number of nitrogens with zero attached hydrogens (tertiary/aromatic N) is 1. The number of nitrogens with two attached hydrogens (primary N) is 1. The molecule has 1 aromatic rings. The summed E-state index contributed by atoms with van der Waals surface area (Å²) in [5.41, 5.74) is 6.24. The van der Waals surface area contributed by atoms with Crippen LogP contribution in [0.15, 0.2) is 18.5 Å². The van der Waals surface area contributed by atoms with Crippen molar-refractivity contribution in [3.05, 3.63) is 18.5 Å². The molecule has 3 N–H and O–H groups in total. The predicted molar refractivity (Wildman–Crippen MR) is 56.3 cm³/mol. The Hall–Kier alpha value is -1.30. The number of hydrogen-bond acceptors (Lipinski definition) is 4. The molecule has 0 fully saturated rings. The van der Waals surface area contributed by atoms with Crippen LogP contribution >= 0.6 is 0 Å². The minimum Gasteiger partial charge on any atom is -0.396 e. The number of pyridine rings is 1. The molecule has 0 aromatic carbocycles. The van der Waals surface area contributed by atoms with Crippen molar-refractivity contribution in [1.82, 2.24) is 4.98 Å². The van der Waals surface area contributed by atoms with Gasteiger partial charge >= 0.3 is 0 Å². The van der Waals surface area contributed by atoms with Gasteiger partial charge < -0.3 is 5.73 Å². The van der Waals surface area contributed by atoms with Crippen molar-refractivity contribution in [2.24, 2.45) is 0 Å². The Labute approximate surface area is 83.4 Å². The molecule has 5 nitrogen and oxygen atoms in total. The Bertz CT molecular complexity index is 403. The average Bonchev–Trinajstić information content (AvgIpc) is 2.08. The lowest BCUT2D eigenvalue weighted by Gasteiger charge is -2.08. The number of rotatable bonds is 4. The summed E-state index contributed by atoms with van der Waals surface area (Å²) in [5, 5.41) is 0. The zero-order valence-electron chi connectivity index (χ0n) is 7.90. The van der Waals surface area contributed by atoms with Crippen LogP contribution in [0.4, 0.5) is 11.4 Å². The maximum Gasteiger partial charge on any atom is 0.232 e. The molecular weight excluding hydrogens is 202 g/mol. The molecule has 0 spiro atoms. The molecule has 0 aliphatic rings. The molecule has 6 heteroatoms. The molecule has 0 saturated carbocycles. The van der Waals surface area contributed by atoms with Gasteiger partial charge in [0.15, 0.2) is 0 Å². The smallest absolute Gasteiger partial charge is 0.232 e. The fraction of sp³-hybridized carbons (Fsp3) is 0.375. The van der Waals surface area contributed by atoms with Gasteiger partial charge in [0.1, 0.15) is 0 Å². The molecule has 1 heterocycles. The molecule has 0 aliphatic heterocycles. The summed E-state index contributed by atoms with van der Waals surface area (Å²) in [7, 11) is -3.26. The van der Waals surface area contributed by atoms with E-state index >= 15 is 0 Å². The predicted octanol–water partition coefficient (Wildman–Crippen LogP) is 0.816. The van der Waals surface area contributed by atoms with E-state index in [1.54, 1.807) is 6.92 Å². The Balaban J connectivity index is 2.84. The quantitative estimate of drug-likeness (QED) is 0.778. The second kappa shape index (κ2) is 4.28. The van der Waals surface area contributed by atoms with Crippen molar-refractivity contribution < 1.29 is 8.42 Å². The number of aromatic nitrogens is 1. The number of sulfonamides is 1. The third kappa shape index (κ3) is 2.88. The van der Waals surface area contributed by atoms with Gasteiger partial charge in [0.2, 0.25) is 10.0 Å². The van der Waals surface area contributed by atoms with E-state index in [1.165, 1.54) is 18.5 Å². The summed E-state index contributed by atoms with van der Waals surface area (Å²) < 4.78 is 25.1. The Kier molecular flexibility index (Phi) is 3.29. The highest BCUT2D eigenvalue weighted by Gasteiger charge is 2.09. The largest absolute Gasteiger partial charge is 0.396 e. The highest BCUT2D eigenvalue weighted by molar-refractivity contribution is 7.92. The Morgan fingerprint density at radius 1 is 1.57 bits per heavy atom. The second-order valence-corrected chi connectivity index (χ2v) is 4.73. The SMILES string of the molecule is CCCS(=O)(=O)Nc1ccncc1N. The van der Waals surface area contributed by atoms with Gasteiger partial charge in [-0.3, -0.25) is 9.71 Å². The lowest BCUT2D eigenvalue weighted by Crippen LogP contribution is -2.17. The molecule has 0 bridgehead atoms. The molecule has 1 rings (SSSR count). The molecule has 0 amide bonds. The molecule has 14 heavy (non-hydrogen) atoms. The minimum atomic E-state index is -3.26. The van der Waals surface area contributed by atoms with Crippen LogP contribution in [0, 0.1) is 0 Å². The first-order valence-corrected chi connectivity index (χ1v) is 5.90. The molecule has 1 aromatic heterocycles. The fourth-order valence-electron chi connectivity index (χ4n) is 0.987. The Morgan fingerprint density at radius 3 is 2.86 bits per heavy atom. The van der Waals surface area contributed by atoms with E-state index < -0.39 is 10.0 Å². The zero-order chi connectivity index (χ0) is 10.6. The highest BCUT2D eigenvalue weighted by Crippen LogP contribution is 2.16. The molecule has 0 radical (unpaired) electrons. The topological polar surface area (TPSA) is 85.1 Å². The lowest BCUT2D eigenvalue weighted by molar-refractivity contribution is 0.600. The summed E-state index contributed by atoms with van der Waals surface area (Å²) in [6.45, 7) is 1.80. The number of nitrogen functional groups attached to an aromatic ring is 1. The summed E-state index contributed by atoms with van der Waals surface area (Å²) in [5.74, 6) is 0.0920. The van der Waals surface area contributed by atoms with Crippen LogP contribution in [0.25, 0.3) is 0 Å². The van der Waals surface area contributed by atoms with Crippen LogP contribution in [0.3, 0.4) is 0 Å². The summed E-state index contributed by atoms with van der Waals surface area (Å²) in [6.07, 6.45) is 3.46. The van der Waals surface area contributed by atoms with E-state index in [1.807, 2.05) is 0 Å². The number of hydrogen-bond donors (Lipinski definition) is 2. The molecule has 0 atom stereocenters. The summed E-state index contributed by atoms with van der Waals surface area (Å²) in [4.78, 5) is 3.76. The van der Waals surface area contributed by atoms with Gasteiger partial charge in [0.05, 0.1) is 23.3 Å². The van der Waals surface area contributed by atoms with E-state index in [2.05, 4.69) is 9.71 Å². The molecule has 0 saturated heterocycles. The first kappa shape index (κ1) is 10.8. The summed E-state index contributed by atoms with van der Waals surface area (Å²) in [6, 6.07) is 1.53. The van der Waals surface area contributed by atoms with E-state index in [4.69, 9.17) is 5.73 Å². The van der Waals surface area contributed by atoms with Crippen LogP contribution in [-0.4, -0.2) is 19.2 Å². The third-order valence-corrected chi connectivity index (χ3v) is 3.07. The maximum absolute atomic E-state index is 11.4. The van der Waals surface area contributed by atoms with Crippen molar-refractivity contribution in [2.75, 3.05) is 16.2 Å². The van der Waals surface area contributed by atoms with Crippen LogP contribution in [0.5, 0.6) is 0 Å². The van der Waals surface area contributed by atoms with Crippen molar-refractivity contribution in [2.45, 2.75) is 13.3 Å². The normalized spacial score (nSPS) is 11.2. The highest BCUT2D eigenvalue weighted by atomic mass is 32.2. The van der Waals surface area contributed by atoms with E-state index in [-0.39, 0.29) is 5.75 Å². The average molecular weight is 215 g/mol. The third-order valence-electron chi connectivity index (χ3n) is 1.59. The van der Waals surface area contributed by atoms with Crippen LogP contribution in [0.2, 0.25) is 0 Å². The first-order chi connectivity index (χ1) is 6.55. The van der Waals surface area contributed by atoms with Crippen LogP contribution in [0.1, 0.15) is 13.3 Å². The monoisotopic (exact) mass is 215 g/mol. The van der Waals surface area contributed by atoms with Crippen LogP contribution < -0.4 is 10.5 Å². The van der Waals surface area contributed by atoms with Crippen molar-refractivity contribution in [1.29, 1.82) is 0 Å². The van der Waals surface area contributed by atoms with E-state index in [0.29, 0.717) is 17.8 Å². The molecule has 0 aliphatic carbocycles. The molecule has 0 unspecified atom stereocenters. The van der Waals surface area contributed by atoms with Gasteiger partial charge in [-0.2, -0.15) is 0 Å². The standard InChI is InChI=1S/C8H13N3O2S/c1-2-5-14(12,13)11-8-3-4-10-6-7(8)9/h3-4,6H,2,5,9H2,1H3,(H,10,11). The van der Waals surface area contributed by atoms with Gasteiger partial charge in [0, 0.05) is 6.20 Å². The molecular formula is C8H13N3O2S. The van der Waals surface area contributed by atoms with Gasteiger partial charge in [-0.05, 0) is 12.5 Å². The number of nitrogens with one attached hydrogen (secondary N) is 1. The molecule has 78 valence electrons. The van der Waals surface area contributed by atoms with Crippen molar-refractivity contribution >= 4 is 21.4 Å². The second-order valence-electron chi connectivity index (χ2n) is 2.88. The van der Waals surface area contributed by atoms with Gasteiger partial charge in [-0.1, -0.05) is 6.92 Å². The van der Waals surface area contributed by atoms with E-state index in [0.717, 1.165) is 0 Å². The van der Waals surface area contributed by atoms with Crippen molar-refractivity contribution in [3.63, 3.8) is 0 Å². The van der Waals surface area contributed by atoms with Crippen LogP contribution in [-0.2, 0) is 10.0 Å². The first-order valence-electron chi connectivity index (χ1n) is 4.25.